The summed E-state index contributed by atoms with van der Waals surface area (Å²) in [4.78, 5) is 23.1. The molecule has 0 saturated heterocycles. The quantitative estimate of drug-likeness (QED) is 0.432. The number of nitrogens with zero attached hydrogens (tertiary/aromatic N) is 2. The number of non-ortho nitro benzene ring substituents is 1. The zero-order chi connectivity index (χ0) is 23.6. The number of nitro benzene ring substituents is 1. The molecule has 0 unspecified atom stereocenters. The number of fused-ring (bicyclic) bond motifs is 1. The summed E-state index contributed by atoms with van der Waals surface area (Å²) in [6.45, 7) is 0.348. The smallest absolute Gasteiger partial charge is 0.270 e. The van der Waals surface area contributed by atoms with Crippen molar-refractivity contribution in [2.45, 2.75) is 17.7 Å². The van der Waals surface area contributed by atoms with Gasteiger partial charge in [-0.1, -0.05) is 6.07 Å². The molecule has 1 amide bonds. The van der Waals surface area contributed by atoms with Crippen LogP contribution in [0.1, 0.15) is 22.3 Å². The molecule has 170 valence electrons. The van der Waals surface area contributed by atoms with Gasteiger partial charge >= 0.3 is 0 Å². The van der Waals surface area contributed by atoms with Gasteiger partial charge in [-0.15, -0.1) is 0 Å². The van der Waals surface area contributed by atoms with Gasteiger partial charge < -0.3 is 10.1 Å². The number of hydrogen-bond acceptors (Lipinski definition) is 6. The zero-order valence-electron chi connectivity index (χ0n) is 17.7. The number of nitro groups is 1. The first kappa shape index (κ1) is 22.3. The van der Waals surface area contributed by atoms with Crippen LogP contribution in [-0.2, 0) is 16.4 Å². The molecule has 0 saturated carbocycles. The fourth-order valence-corrected chi connectivity index (χ4v) is 5.27. The van der Waals surface area contributed by atoms with Gasteiger partial charge in [0, 0.05) is 29.9 Å². The number of aryl methyl sites for hydroxylation is 1. The van der Waals surface area contributed by atoms with Crippen molar-refractivity contribution in [2.24, 2.45) is 0 Å². The van der Waals surface area contributed by atoms with Crippen LogP contribution < -0.4 is 14.4 Å². The summed E-state index contributed by atoms with van der Waals surface area (Å²) in [5, 5.41) is 13.7. The topological polar surface area (TPSA) is 119 Å². The lowest BCUT2D eigenvalue weighted by Gasteiger charge is -2.31. The van der Waals surface area contributed by atoms with Crippen LogP contribution in [-0.4, -0.2) is 32.9 Å². The molecule has 1 N–H and O–H groups in total. The number of ether oxygens (including phenoxy) is 1. The second kappa shape index (κ2) is 8.91. The molecular formula is C23H21N3O6S. The van der Waals surface area contributed by atoms with Gasteiger partial charge in [-0.2, -0.15) is 0 Å². The normalized spacial score (nSPS) is 13.2. The highest BCUT2D eigenvalue weighted by Gasteiger charge is 2.29. The molecule has 4 rings (SSSR count). The average Bonchev–Trinajstić information content (AvgIpc) is 2.83. The zero-order valence-corrected chi connectivity index (χ0v) is 18.5. The number of amides is 1. The van der Waals surface area contributed by atoms with Gasteiger partial charge in [0.25, 0.3) is 21.6 Å². The maximum Gasteiger partial charge on any atom is 0.270 e. The summed E-state index contributed by atoms with van der Waals surface area (Å²) >= 11 is 0. The van der Waals surface area contributed by atoms with Crippen molar-refractivity contribution in [1.29, 1.82) is 0 Å². The Kier molecular flexibility index (Phi) is 6.01. The van der Waals surface area contributed by atoms with E-state index in [-0.39, 0.29) is 16.1 Å². The predicted octanol–water partition coefficient (Wildman–Crippen LogP) is 4.00. The first-order valence-corrected chi connectivity index (χ1v) is 11.6. The summed E-state index contributed by atoms with van der Waals surface area (Å²) in [7, 11) is -2.25. The van der Waals surface area contributed by atoms with Gasteiger partial charge in [0.2, 0.25) is 0 Å². The molecule has 1 aliphatic heterocycles. The van der Waals surface area contributed by atoms with Gasteiger partial charge in [-0.05, 0) is 66.9 Å². The van der Waals surface area contributed by atoms with E-state index in [1.54, 1.807) is 30.3 Å². The highest BCUT2D eigenvalue weighted by molar-refractivity contribution is 7.92. The number of nitrogens with one attached hydrogen (secondary N) is 1. The van der Waals surface area contributed by atoms with Crippen molar-refractivity contribution < 1.29 is 22.9 Å². The third-order valence-corrected chi connectivity index (χ3v) is 7.21. The minimum absolute atomic E-state index is 0.158. The Hall–Kier alpha value is -3.92. The Labute approximate surface area is 190 Å². The van der Waals surface area contributed by atoms with E-state index < -0.39 is 20.9 Å². The second-order valence-corrected chi connectivity index (χ2v) is 9.32. The van der Waals surface area contributed by atoms with Crippen LogP contribution in [0.25, 0.3) is 0 Å². The van der Waals surface area contributed by atoms with E-state index in [1.165, 1.54) is 47.8 Å². The number of carbonyl (C=O) groups is 1. The number of methoxy groups -OCH3 is 1. The van der Waals surface area contributed by atoms with E-state index in [1.807, 2.05) is 0 Å². The second-order valence-electron chi connectivity index (χ2n) is 7.46. The number of hydrogen-bond donors (Lipinski definition) is 1. The molecule has 0 atom stereocenters. The van der Waals surface area contributed by atoms with E-state index >= 15 is 0 Å². The highest BCUT2D eigenvalue weighted by Crippen LogP contribution is 2.34. The maximum absolute atomic E-state index is 13.2. The Balaban J connectivity index is 1.58. The monoisotopic (exact) mass is 467 g/mol. The summed E-state index contributed by atoms with van der Waals surface area (Å²) in [6, 6.07) is 16.7. The Bertz CT molecular complexity index is 1320. The number of sulfonamides is 1. The van der Waals surface area contributed by atoms with Gasteiger partial charge in [0.1, 0.15) is 5.75 Å². The molecule has 0 spiro atoms. The molecule has 3 aromatic carbocycles. The molecule has 0 bridgehead atoms. The predicted molar refractivity (Wildman–Crippen MR) is 123 cm³/mol. The fourth-order valence-electron chi connectivity index (χ4n) is 3.73. The van der Waals surface area contributed by atoms with Crippen LogP contribution in [0.4, 0.5) is 17.1 Å². The lowest BCUT2D eigenvalue weighted by molar-refractivity contribution is -0.384. The van der Waals surface area contributed by atoms with E-state index in [4.69, 9.17) is 4.74 Å². The molecule has 1 aliphatic rings. The first-order chi connectivity index (χ1) is 15.8. The SMILES string of the molecule is COc1ccc(S(=O)(=O)N2CCCc3cc(NC(=O)c4cccc([N+](=O)[O-])c4)ccc32)cc1. The van der Waals surface area contributed by atoms with E-state index in [9.17, 15) is 23.3 Å². The standard InChI is InChI=1S/C23H21N3O6S/c1-32-20-8-10-21(11-9-20)33(30,31)25-13-3-5-16-14-18(7-12-22(16)25)24-23(27)17-4-2-6-19(15-17)26(28)29/h2,4,6-12,14-15H,3,5,13H2,1H3,(H,24,27). The molecule has 9 nitrogen and oxygen atoms in total. The molecular weight excluding hydrogens is 446 g/mol. The minimum atomic E-state index is -3.77. The molecule has 10 heteroatoms. The number of carbonyl (C=O) groups excluding carboxylic acids is 1. The van der Waals surface area contributed by atoms with Crippen molar-refractivity contribution in [3.63, 3.8) is 0 Å². The Morgan fingerprint density at radius 1 is 1.09 bits per heavy atom. The average molecular weight is 468 g/mol. The molecule has 0 aliphatic carbocycles. The number of rotatable bonds is 6. The summed E-state index contributed by atoms with van der Waals surface area (Å²) in [5.74, 6) is 0.0781. The van der Waals surface area contributed by atoms with Crippen molar-refractivity contribution >= 4 is 33.0 Å². The van der Waals surface area contributed by atoms with Gasteiger partial charge in [0.15, 0.2) is 0 Å². The van der Waals surface area contributed by atoms with Crippen LogP contribution in [0.5, 0.6) is 5.75 Å². The fraction of sp³-hybridized carbons (Fsp3) is 0.174. The summed E-state index contributed by atoms with van der Waals surface area (Å²) in [5.41, 5.74) is 1.81. The van der Waals surface area contributed by atoms with Gasteiger partial charge in [-0.3, -0.25) is 19.2 Å². The van der Waals surface area contributed by atoms with E-state index in [0.717, 1.165) is 5.56 Å². The molecule has 33 heavy (non-hydrogen) atoms. The third-order valence-electron chi connectivity index (χ3n) is 5.38. The molecule has 0 fully saturated rings. The van der Waals surface area contributed by atoms with Crippen LogP contribution in [0.3, 0.4) is 0 Å². The molecule has 0 radical (unpaired) electrons. The van der Waals surface area contributed by atoms with Crippen molar-refractivity contribution in [1.82, 2.24) is 0 Å². The molecule has 3 aromatic rings. The van der Waals surface area contributed by atoms with Crippen LogP contribution in [0.15, 0.2) is 71.6 Å². The Morgan fingerprint density at radius 3 is 2.55 bits per heavy atom. The van der Waals surface area contributed by atoms with Crippen molar-refractivity contribution in [2.75, 3.05) is 23.3 Å². The highest BCUT2D eigenvalue weighted by atomic mass is 32.2. The van der Waals surface area contributed by atoms with Crippen LogP contribution >= 0.6 is 0 Å². The van der Waals surface area contributed by atoms with Crippen LogP contribution in [0.2, 0.25) is 0 Å². The summed E-state index contributed by atoms with van der Waals surface area (Å²) < 4.78 is 33.0. The maximum atomic E-state index is 13.2. The molecule has 0 aromatic heterocycles. The van der Waals surface area contributed by atoms with Gasteiger partial charge in [-0.25, -0.2) is 8.42 Å². The lowest BCUT2D eigenvalue weighted by Crippen LogP contribution is -2.35. The lowest BCUT2D eigenvalue weighted by atomic mass is 10.0. The minimum Gasteiger partial charge on any atom is -0.497 e. The molecule has 1 heterocycles. The van der Waals surface area contributed by atoms with Crippen LogP contribution in [0, 0.1) is 10.1 Å². The number of benzene rings is 3. The Morgan fingerprint density at radius 2 is 1.85 bits per heavy atom. The van der Waals surface area contributed by atoms with E-state index in [2.05, 4.69) is 5.32 Å². The number of anilines is 2. The summed E-state index contributed by atoms with van der Waals surface area (Å²) in [6.07, 6.45) is 1.29. The first-order valence-electron chi connectivity index (χ1n) is 10.1. The third kappa shape index (κ3) is 4.51. The largest absolute Gasteiger partial charge is 0.497 e. The van der Waals surface area contributed by atoms with Crippen molar-refractivity contribution in [3.05, 3.63) is 88.0 Å². The van der Waals surface area contributed by atoms with Crippen molar-refractivity contribution in [3.8, 4) is 5.75 Å². The van der Waals surface area contributed by atoms with E-state index in [0.29, 0.717) is 36.5 Å². The van der Waals surface area contributed by atoms with Gasteiger partial charge in [0.05, 0.1) is 22.6 Å².